The molecule has 2 heterocycles. The molecule has 1 unspecified atom stereocenters. The van der Waals surface area contributed by atoms with Crippen LogP contribution in [0.15, 0.2) is 47.0 Å². The van der Waals surface area contributed by atoms with Crippen LogP contribution in [0.3, 0.4) is 0 Å². The molecule has 0 fully saturated rings. The summed E-state index contributed by atoms with van der Waals surface area (Å²) in [5.41, 5.74) is 2.40. The number of benzene rings is 2. The van der Waals surface area contributed by atoms with Crippen molar-refractivity contribution in [2.45, 2.75) is 25.7 Å². The van der Waals surface area contributed by atoms with E-state index < -0.39 is 12.1 Å². The van der Waals surface area contributed by atoms with Gasteiger partial charge in [0.05, 0.1) is 13.2 Å². The first kappa shape index (κ1) is 19.0. The Bertz CT molecular complexity index is 1080. The van der Waals surface area contributed by atoms with Crippen LogP contribution in [0.4, 0.5) is 13.2 Å². The van der Waals surface area contributed by atoms with Crippen LogP contribution in [-0.2, 0) is 12.7 Å². The third kappa shape index (κ3) is 3.43. The fourth-order valence-corrected chi connectivity index (χ4v) is 3.31. The predicted octanol–water partition coefficient (Wildman–Crippen LogP) is 4.48. The number of halogens is 3. The molecular formula is C20H16F3N3O3. The lowest BCUT2D eigenvalue weighted by molar-refractivity contribution is -0.159. The van der Waals surface area contributed by atoms with E-state index in [0.717, 1.165) is 11.1 Å². The molecule has 4 rings (SSSR count). The van der Waals surface area contributed by atoms with Crippen molar-refractivity contribution in [1.29, 1.82) is 0 Å². The molecule has 1 aliphatic rings. The average Bonchev–Trinajstić information content (AvgIpc) is 3.33. The van der Waals surface area contributed by atoms with Gasteiger partial charge in [0.2, 0.25) is 5.82 Å². The first-order chi connectivity index (χ1) is 13.8. The summed E-state index contributed by atoms with van der Waals surface area (Å²) in [5.74, 6) is -1.16. The lowest BCUT2D eigenvalue weighted by Crippen LogP contribution is -2.27. The van der Waals surface area contributed by atoms with Crippen molar-refractivity contribution in [2.24, 2.45) is 0 Å². The number of aromatic nitrogens is 2. The van der Waals surface area contributed by atoms with Gasteiger partial charge >= 0.3 is 12.1 Å². The molecule has 1 amide bonds. The van der Waals surface area contributed by atoms with Gasteiger partial charge in [-0.15, -0.1) is 0 Å². The van der Waals surface area contributed by atoms with E-state index in [1.54, 1.807) is 24.1 Å². The average molecular weight is 403 g/mol. The van der Waals surface area contributed by atoms with Crippen molar-refractivity contribution < 1.29 is 27.2 Å². The molecule has 0 spiro atoms. The molecule has 0 saturated carbocycles. The molecule has 1 atom stereocenters. The van der Waals surface area contributed by atoms with E-state index in [-0.39, 0.29) is 23.3 Å². The third-order valence-corrected chi connectivity index (χ3v) is 4.91. The fraction of sp³-hybridized carbons (Fsp3) is 0.250. The van der Waals surface area contributed by atoms with Crippen LogP contribution < -0.4 is 4.74 Å². The van der Waals surface area contributed by atoms with Gasteiger partial charge in [0.1, 0.15) is 5.75 Å². The Morgan fingerprint density at radius 1 is 1.21 bits per heavy atom. The van der Waals surface area contributed by atoms with Gasteiger partial charge in [-0.1, -0.05) is 29.4 Å². The monoisotopic (exact) mass is 403 g/mol. The Kier molecular flexibility index (Phi) is 4.52. The maximum atomic E-state index is 13.0. The van der Waals surface area contributed by atoms with Crippen molar-refractivity contribution in [1.82, 2.24) is 15.0 Å². The zero-order valence-corrected chi connectivity index (χ0v) is 15.5. The number of amides is 1. The molecule has 3 aromatic rings. The van der Waals surface area contributed by atoms with E-state index >= 15 is 0 Å². The number of nitrogens with zero attached hydrogens (tertiary/aromatic N) is 3. The Hall–Kier alpha value is -3.36. The molecule has 0 saturated heterocycles. The summed E-state index contributed by atoms with van der Waals surface area (Å²) >= 11 is 0. The molecule has 0 radical (unpaired) electrons. The Balaban J connectivity index is 1.61. The maximum Gasteiger partial charge on any atom is 0.471 e. The van der Waals surface area contributed by atoms with Crippen LogP contribution in [0.1, 0.15) is 40.3 Å². The van der Waals surface area contributed by atoms with Crippen LogP contribution in [0, 0.1) is 0 Å². The SMILES string of the molecule is COc1cccc(C(C)N2Cc3ccc(-c4noc(C(F)(F)F)n4)cc3C2=O)c1. The van der Waals surface area contributed by atoms with Crippen molar-refractivity contribution >= 4 is 5.91 Å². The number of carbonyl (C=O) groups excluding carboxylic acids is 1. The minimum atomic E-state index is -4.72. The zero-order valence-electron chi connectivity index (χ0n) is 15.5. The summed E-state index contributed by atoms with van der Waals surface area (Å²) in [7, 11) is 1.57. The summed E-state index contributed by atoms with van der Waals surface area (Å²) in [4.78, 5) is 18.0. The summed E-state index contributed by atoms with van der Waals surface area (Å²) < 4.78 is 47.6. The minimum absolute atomic E-state index is 0.211. The molecule has 1 aliphatic heterocycles. The highest BCUT2D eigenvalue weighted by atomic mass is 19.4. The van der Waals surface area contributed by atoms with E-state index in [4.69, 9.17) is 4.74 Å². The number of methoxy groups -OCH3 is 1. The smallest absolute Gasteiger partial charge is 0.471 e. The van der Waals surface area contributed by atoms with E-state index in [1.807, 2.05) is 31.2 Å². The number of ether oxygens (including phenoxy) is 1. The highest BCUT2D eigenvalue weighted by Gasteiger charge is 2.39. The van der Waals surface area contributed by atoms with Crippen LogP contribution in [0.5, 0.6) is 5.75 Å². The Morgan fingerprint density at radius 3 is 2.69 bits per heavy atom. The van der Waals surface area contributed by atoms with Gasteiger partial charge in [-0.2, -0.15) is 18.2 Å². The second kappa shape index (κ2) is 6.91. The van der Waals surface area contributed by atoms with Crippen molar-refractivity contribution in [3.63, 3.8) is 0 Å². The predicted molar refractivity (Wildman–Crippen MR) is 96.0 cm³/mol. The van der Waals surface area contributed by atoms with E-state index in [2.05, 4.69) is 14.7 Å². The maximum absolute atomic E-state index is 13.0. The van der Waals surface area contributed by atoms with Gasteiger partial charge in [0.15, 0.2) is 0 Å². The van der Waals surface area contributed by atoms with Crippen molar-refractivity contribution in [3.05, 3.63) is 65.0 Å². The number of alkyl halides is 3. The number of fused-ring (bicyclic) bond motifs is 1. The van der Waals surface area contributed by atoms with Gasteiger partial charge < -0.3 is 14.2 Å². The van der Waals surface area contributed by atoms with Crippen LogP contribution in [0.2, 0.25) is 0 Å². The molecule has 1 aromatic heterocycles. The lowest BCUT2D eigenvalue weighted by Gasteiger charge is -2.25. The quantitative estimate of drug-likeness (QED) is 0.643. The van der Waals surface area contributed by atoms with Gasteiger partial charge in [0, 0.05) is 17.7 Å². The molecule has 150 valence electrons. The van der Waals surface area contributed by atoms with Crippen molar-refractivity contribution in [3.8, 4) is 17.1 Å². The highest BCUT2D eigenvalue weighted by Crippen LogP contribution is 2.35. The first-order valence-electron chi connectivity index (χ1n) is 8.77. The van der Waals surface area contributed by atoms with Gasteiger partial charge in [-0.05, 0) is 36.2 Å². The topological polar surface area (TPSA) is 68.5 Å². The van der Waals surface area contributed by atoms with Gasteiger partial charge in [-0.25, -0.2) is 0 Å². The number of hydrogen-bond donors (Lipinski definition) is 0. The number of hydrogen-bond acceptors (Lipinski definition) is 5. The molecule has 0 bridgehead atoms. The number of rotatable bonds is 4. The zero-order chi connectivity index (χ0) is 20.8. The molecular weight excluding hydrogens is 387 g/mol. The molecule has 9 heteroatoms. The Labute approximate surface area is 163 Å². The third-order valence-electron chi connectivity index (χ3n) is 4.91. The summed E-state index contributed by atoms with van der Waals surface area (Å²) in [6.45, 7) is 2.31. The molecule has 6 nitrogen and oxygen atoms in total. The first-order valence-corrected chi connectivity index (χ1v) is 8.77. The largest absolute Gasteiger partial charge is 0.497 e. The number of carbonyl (C=O) groups is 1. The van der Waals surface area contributed by atoms with E-state index in [9.17, 15) is 18.0 Å². The standard InChI is InChI=1S/C20H16F3N3O3/c1-11(12-4-3-5-15(8-12)28-2)26-10-14-7-6-13(9-16(14)18(26)27)17-24-19(29-25-17)20(21,22)23/h3-9,11H,10H2,1-2H3. The van der Waals surface area contributed by atoms with Gasteiger partial charge in [-0.3, -0.25) is 4.79 Å². The van der Waals surface area contributed by atoms with Crippen LogP contribution >= 0.6 is 0 Å². The minimum Gasteiger partial charge on any atom is -0.497 e. The van der Waals surface area contributed by atoms with Crippen molar-refractivity contribution in [2.75, 3.05) is 7.11 Å². The summed E-state index contributed by atoms with van der Waals surface area (Å²) in [5, 5.41) is 3.38. The summed E-state index contributed by atoms with van der Waals surface area (Å²) in [6.07, 6.45) is -4.72. The van der Waals surface area contributed by atoms with E-state index in [0.29, 0.717) is 17.9 Å². The highest BCUT2D eigenvalue weighted by molar-refractivity contribution is 5.99. The second-order valence-corrected chi connectivity index (χ2v) is 6.68. The molecule has 2 aromatic carbocycles. The van der Waals surface area contributed by atoms with E-state index in [1.165, 1.54) is 6.07 Å². The van der Waals surface area contributed by atoms with Gasteiger partial charge in [0.25, 0.3) is 5.91 Å². The second-order valence-electron chi connectivity index (χ2n) is 6.68. The normalized spacial score (nSPS) is 14.8. The molecule has 29 heavy (non-hydrogen) atoms. The lowest BCUT2D eigenvalue weighted by atomic mass is 10.1. The molecule has 0 N–H and O–H groups in total. The van der Waals surface area contributed by atoms with Crippen LogP contribution in [-0.4, -0.2) is 28.1 Å². The molecule has 0 aliphatic carbocycles. The Morgan fingerprint density at radius 2 is 2.00 bits per heavy atom. The van der Waals surface area contributed by atoms with Crippen LogP contribution in [0.25, 0.3) is 11.4 Å². The fourth-order valence-electron chi connectivity index (χ4n) is 3.31. The summed E-state index contributed by atoms with van der Waals surface area (Å²) in [6, 6.07) is 12.0.